The SMILES string of the molecule is CCC(N)Cc1cnc(Sc2cccc(OC)c2)nc1. The number of methoxy groups -OCH3 is 1. The highest BCUT2D eigenvalue weighted by molar-refractivity contribution is 7.99. The number of benzene rings is 1. The lowest BCUT2D eigenvalue weighted by Crippen LogP contribution is -2.21. The Balaban J connectivity index is 2.02. The van der Waals surface area contributed by atoms with Gasteiger partial charge in [-0.25, -0.2) is 9.97 Å². The van der Waals surface area contributed by atoms with Gasteiger partial charge < -0.3 is 10.5 Å². The molecule has 2 aromatic rings. The molecule has 1 heterocycles. The lowest BCUT2D eigenvalue weighted by molar-refractivity contribution is 0.413. The van der Waals surface area contributed by atoms with E-state index in [1.807, 2.05) is 36.7 Å². The van der Waals surface area contributed by atoms with Gasteiger partial charge in [0.2, 0.25) is 0 Å². The molecule has 0 bridgehead atoms. The van der Waals surface area contributed by atoms with Gasteiger partial charge in [-0.2, -0.15) is 0 Å². The highest BCUT2D eigenvalue weighted by Gasteiger charge is 2.05. The summed E-state index contributed by atoms with van der Waals surface area (Å²) in [5.74, 6) is 0.834. The summed E-state index contributed by atoms with van der Waals surface area (Å²) in [6, 6.07) is 8.03. The fourth-order valence-corrected chi connectivity index (χ4v) is 2.46. The summed E-state index contributed by atoms with van der Waals surface area (Å²) in [7, 11) is 1.66. The Morgan fingerprint density at radius 1 is 1.30 bits per heavy atom. The summed E-state index contributed by atoms with van der Waals surface area (Å²) in [5.41, 5.74) is 7.00. The van der Waals surface area contributed by atoms with Crippen molar-refractivity contribution in [1.29, 1.82) is 0 Å². The minimum atomic E-state index is 0.176. The van der Waals surface area contributed by atoms with Crippen LogP contribution in [0.2, 0.25) is 0 Å². The van der Waals surface area contributed by atoms with Gasteiger partial charge in [-0.1, -0.05) is 13.0 Å². The lowest BCUT2D eigenvalue weighted by Gasteiger charge is -2.08. The average molecular weight is 289 g/mol. The molecule has 0 spiro atoms. The Morgan fingerprint density at radius 2 is 2.05 bits per heavy atom. The van der Waals surface area contributed by atoms with E-state index in [-0.39, 0.29) is 6.04 Å². The summed E-state index contributed by atoms with van der Waals surface area (Å²) >= 11 is 1.52. The molecule has 0 amide bonds. The number of nitrogens with two attached hydrogens (primary N) is 1. The molecular weight excluding hydrogens is 270 g/mol. The molecule has 0 fully saturated rings. The first-order chi connectivity index (χ1) is 9.71. The van der Waals surface area contributed by atoms with Crippen molar-refractivity contribution >= 4 is 11.8 Å². The Kier molecular flexibility index (Phi) is 5.38. The van der Waals surface area contributed by atoms with Crippen molar-refractivity contribution in [2.24, 2.45) is 5.73 Å². The zero-order valence-electron chi connectivity index (χ0n) is 11.7. The van der Waals surface area contributed by atoms with Crippen LogP contribution in [0.1, 0.15) is 18.9 Å². The van der Waals surface area contributed by atoms with E-state index in [9.17, 15) is 0 Å². The summed E-state index contributed by atoms with van der Waals surface area (Å²) in [6.45, 7) is 2.08. The molecule has 0 radical (unpaired) electrons. The first-order valence-corrected chi connectivity index (χ1v) is 7.41. The van der Waals surface area contributed by atoms with Gasteiger partial charge in [0, 0.05) is 23.3 Å². The molecule has 0 aliphatic carbocycles. The van der Waals surface area contributed by atoms with Crippen LogP contribution in [0.15, 0.2) is 46.7 Å². The Morgan fingerprint density at radius 3 is 2.70 bits per heavy atom. The molecule has 2 rings (SSSR count). The number of nitrogens with zero attached hydrogens (tertiary/aromatic N) is 2. The van der Waals surface area contributed by atoms with Crippen LogP contribution in [-0.2, 0) is 6.42 Å². The van der Waals surface area contributed by atoms with Crippen molar-refractivity contribution in [1.82, 2.24) is 9.97 Å². The number of rotatable bonds is 6. The van der Waals surface area contributed by atoms with E-state index >= 15 is 0 Å². The molecule has 106 valence electrons. The Bertz CT molecular complexity index is 545. The van der Waals surface area contributed by atoms with Crippen LogP contribution < -0.4 is 10.5 Å². The summed E-state index contributed by atoms with van der Waals surface area (Å²) in [4.78, 5) is 9.80. The first-order valence-electron chi connectivity index (χ1n) is 6.59. The second kappa shape index (κ2) is 7.26. The van der Waals surface area contributed by atoms with E-state index in [2.05, 4.69) is 16.9 Å². The predicted molar refractivity (Wildman–Crippen MR) is 81.1 cm³/mol. The van der Waals surface area contributed by atoms with Gasteiger partial charge in [-0.15, -0.1) is 0 Å². The van der Waals surface area contributed by atoms with Crippen LogP contribution in [0, 0.1) is 0 Å². The topological polar surface area (TPSA) is 61.0 Å². The third-order valence-electron chi connectivity index (χ3n) is 2.95. The minimum Gasteiger partial charge on any atom is -0.497 e. The van der Waals surface area contributed by atoms with Gasteiger partial charge in [-0.05, 0) is 48.4 Å². The van der Waals surface area contributed by atoms with Gasteiger partial charge >= 0.3 is 0 Å². The van der Waals surface area contributed by atoms with Crippen molar-refractivity contribution in [3.8, 4) is 5.75 Å². The standard InChI is InChI=1S/C15H19N3OS/c1-3-12(16)7-11-9-17-15(18-10-11)20-14-6-4-5-13(8-14)19-2/h4-6,8-10,12H,3,7,16H2,1-2H3. The first kappa shape index (κ1) is 14.8. The Labute approximate surface area is 123 Å². The van der Waals surface area contributed by atoms with Crippen molar-refractivity contribution < 1.29 is 4.74 Å². The van der Waals surface area contributed by atoms with Gasteiger partial charge in [-0.3, -0.25) is 0 Å². The molecular formula is C15H19N3OS. The molecule has 5 heteroatoms. The largest absolute Gasteiger partial charge is 0.497 e. The Hall–Kier alpha value is -1.59. The van der Waals surface area contributed by atoms with Crippen LogP contribution in [0.5, 0.6) is 5.75 Å². The molecule has 1 unspecified atom stereocenters. The molecule has 0 saturated carbocycles. The zero-order chi connectivity index (χ0) is 14.4. The summed E-state index contributed by atoms with van der Waals surface area (Å²) in [5, 5.41) is 0.729. The maximum Gasteiger partial charge on any atom is 0.192 e. The zero-order valence-corrected chi connectivity index (χ0v) is 12.6. The van der Waals surface area contributed by atoms with E-state index < -0.39 is 0 Å². The summed E-state index contributed by atoms with van der Waals surface area (Å²) in [6.07, 6.45) is 5.48. The molecule has 20 heavy (non-hydrogen) atoms. The van der Waals surface area contributed by atoms with E-state index in [0.717, 1.165) is 34.2 Å². The third-order valence-corrected chi connectivity index (χ3v) is 3.84. The predicted octanol–water partition coefficient (Wildman–Crippen LogP) is 2.92. The highest BCUT2D eigenvalue weighted by atomic mass is 32.2. The van der Waals surface area contributed by atoms with Gasteiger partial charge in [0.05, 0.1) is 7.11 Å². The fourth-order valence-electron chi connectivity index (χ4n) is 1.72. The van der Waals surface area contributed by atoms with Crippen LogP contribution in [0.25, 0.3) is 0 Å². The molecule has 1 atom stereocenters. The number of hydrogen-bond donors (Lipinski definition) is 1. The fraction of sp³-hybridized carbons (Fsp3) is 0.333. The van der Waals surface area contributed by atoms with E-state index in [1.54, 1.807) is 7.11 Å². The molecule has 0 aliphatic rings. The van der Waals surface area contributed by atoms with Crippen LogP contribution in [-0.4, -0.2) is 23.1 Å². The smallest absolute Gasteiger partial charge is 0.192 e. The van der Waals surface area contributed by atoms with Crippen molar-refractivity contribution in [2.75, 3.05) is 7.11 Å². The maximum atomic E-state index is 5.92. The minimum absolute atomic E-state index is 0.176. The number of hydrogen-bond acceptors (Lipinski definition) is 5. The second-order valence-electron chi connectivity index (χ2n) is 4.53. The normalized spacial score (nSPS) is 12.2. The van der Waals surface area contributed by atoms with Crippen LogP contribution >= 0.6 is 11.8 Å². The van der Waals surface area contributed by atoms with Crippen molar-refractivity contribution in [3.05, 3.63) is 42.2 Å². The molecule has 1 aromatic heterocycles. The van der Waals surface area contributed by atoms with Crippen LogP contribution in [0.4, 0.5) is 0 Å². The second-order valence-corrected chi connectivity index (χ2v) is 5.57. The highest BCUT2D eigenvalue weighted by Crippen LogP contribution is 2.27. The molecule has 0 aliphatic heterocycles. The van der Waals surface area contributed by atoms with Gasteiger partial charge in [0.1, 0.15) is 5.75 Å². The number of ether oxygens (including phenoxy) is 1. The third kappa shape index (κ3) is 4.21. The summed E-state index contributed by atoms with van der Waals surface area (Å²) < 4.78 is 5.20. The molecule has 4 nitrogen and oxygen atoms in total. The quantitative estimate of drug-likeness (QED) is 0.829. The average Bonchev–Trinajstić information content (AvgIpc) is 2.49. The molecule has 2 N–H and O–H groups in total. The molecule has 1 aromatic carbocycles. The van der Waals surface area contributed by atoms with E-state index in [4.69, 9.17) is 10.5 Å². The van der Waals surface area contributed by atoms with Crippen molar-refractivity contribution in [3.63, 3.8) is 0 Å². The van der Waals surface area contributed by atoms with Crippen molar-refractivity contribution in [2.45, 2.75) is 35.9 Å². The van der Waals surface area contributed by atoms with Gasteiger partial charge in [0.25, 0.3) is 0 Å². The monoisotopic (exact) mass is 289 g/mol. The lowest BCUT2D eigenvalue weighted by atomic mass is 10.1. The van der Waals surface area contributed by atoms with E-state index in [1.165, 1.54) is 11.8 Å². The van der Waals surface area contributed by atoms with Gasteiger partial charge in [0.15, 0.2) is 5.16 Å². The van der Waals surface area contributed by atoms with Crippen LogP contribution in [0.3, 0.4) is 0 Å². The molecule has 0 saturated heterocycles. The number of aromatic nitrogens is 2. The maximum absolute atomic E-state index is 5.92. The van der Waals surface area contributed by atoms with E-state index in [0.29, 0.717) is 0 Å².